The fourth-order valence-corrected chi connectivity index (χ4v) is 2.77. The minimum Gasteiger partial charge on any atom is -0.352 e. The number of benzene rings is 1. The van der Waals surface area contributed by atoms with Crippen LogP contribution < -0.4 is 10.2 Å². The molecule has 0 spiro atoms. The Morgan fingerprint density at radius 2 is 1.80 bits per heavy atom. The van der Waals surface area contributed by atoms with Crippen molar-refractivity contribution in [2.75, 3.05) is 37.6 Å². The molecule has 2 amide bonds. The highest BCUT2D eigenvalue weighted by molar-refractivity contribution is 5.94. The summed E-state index contributed by atoms with van der Waals surface area (Å²) in [5.74, 6) is 0.748. The molecule has 0 unspecified atom stereocenters. The van der Waals surface area contributed by atoms with Crippen molar-refractivity contribution in [1.82, 2.24) is 20.2 Å². The lowest BCUT2D eigenvalue weighted by Gasteiger charge is -2.35. The second-order valence-corrected chi connectivity index (χ2v) is 5.80. The van der Waals surface area contributed by atoms with Crippen LogP contribution in [0.3, 0.4) is 0 Å². The second kappa shape index (κ2) is 8.23. The van der Waals surface area contributed by atoms with E-state index >= 15 is 0 Å². The standard InChI is InChI=1S/C18H21N5O2/c24-17(6-7-21-18(25)15-4-2-1-3-5-15)23-12-10-22(11-13-23)16-14-19-8-9-20-16/h1-5,8-9,14H,6-7,10-13H2,(H,21,25). The predicted octanol–water partition coefficient (Wildman–Crippen LogP) is 0.945. The van der Waals surface area contributed by atoms with Crippen LogP contribution in [0, 0.1) is 0 Å². The van der Waals surface area contributed by atoms with Gasteiger partial charge in [-0.15, -0.1) is 0 Å². The minimum atomic E-state index is -0.152. The molecule has 130 valence electrons. The highest BCUT2D eigenvalue weighted by atomic mass is 16.2. The first-order valence-electron chi connectivity index (χ1n) is 8.36. The third-order valence-electron chi connectivity index (χ3n) is 4.17. The van der Waals surface area contributed by atoms with Crippen molar-refractivity contribution in [3.63, 3.8) is 0 Å². The molecule has 3 rings (SSSR count). The molecule has 0 radical (unpaired) electrons. The zero-order chi connectivity index (χ0) is 17.5. The Hall–Kier alpha value is -2.96. The predicted molar refractivity (Wildman–Crippen MR) is 94.2 cm³/mol. The second-order valence-electron chi connectivity index (χ2n) is 5.80. The van der Waals surface area contributed by atoms with Crippen LogP contribution >= 0.6 is 0 Å². The number of nitrogens with one attached hydrogen (secondary N) is 1. The van der Waals surface area contributed by atoms with Gasteiger partial charge >= 0.3 is 0 Å². The number of piperazine rings is 1. The maximum atomic E-state index is 12.3. The molecule has 0 aliphatic carbocycles. The quantitative estimate of drug-likeness (QED) is 0.877. The fraction of sp³-hybridized carbons (Fsp3) is 0.333. The number of hydrogen-bond acceptors (Lipinski definition) is 5. The molecule has 0 atom stereocenters. The van der Waals surface area contributed by atoms with Crippen LogP contribution in [0.15, 0.2) is 48.9 Å². The van der Waals surface area contributed by atoms with Gasteiger partial charge in [-0.05, 0) is 12.1 Å². The summed E-state index contributed by atoms with van der Waals surface area (Å²) in [5, 5.41) is 2.79. The van der Waals surface area contributed by atoms with Gasteiger partial charge in [-0.1, -0.05) is 18.2 Å². The van der Waals surface area contributed by atoms with E-state index in [1.807, 2.05) is 23.1 Å². The lowest BCUT2D eigenvalue weighted by molar-refractivity contribution is -0.131. The van der Waals surface area contributed by atoms with Crippen LogP contribution in [0.2, 0.25) is 0 Å². The average Bonchev–Trinajstić information content (AvgIpc) is 2.69. The Kier molecular flexibility index (Phi) is 5.56. The molecule has 1 aliphatic rings. The number of rotatable bonds is 5. The molecular weight excluding hydrogens is 318 g/mol. The zero-order valence-corrected chi connectivity index (χ0v) is 14.0. The first kappa shape index (κ1) is 16.9. The number of carbonyl (C=O) groups excluding carboxylic acids is 2. The van der Waals surface area contributed by atoms with Crippen molar-refractivity contribution in [1.29, 1.82) is 0 Å². The molecule has 7 nitrogen and oxygen atoms in total. The van der Waals surface area contributed by atoms with E-state index < -0.39 is 0 Å². The van der Waals surface area contributed by atoms with Gasteiger partial charge < -0.3 is 15.1 Å². The van der Waals surface area contributed by atoms with Crippen LogP contribution in [0.5, 0.6) is 0 Å². The molecule has 1 aromatic carbocycles. The summed E-state index contributed by atoms with van der Waals surface area (Å²) in [6.07, 6.45) is 5.36. The molecule has 1 saturated heterocycles. The van der Waals surface area contributed by atoms with Crippen LogP contribution in [0.25, 0.3) is 0 Å². The van der Waals surface area contributed by atoms with Gasteiger partial charge in [0.25, 0.3) is 5.91 Å². The van der Waals surface area contributed by atoms with E-state index in [1.165, 1.54) is 0 Å². The minimum absolute atomic E-state index is 0.0622. The van der Waals surface area contributed by atoms with Crippen LogP contribution in [0.1, 0.15) is 16.8 Å². The van der Waals surface area contributed by atoms with Crippen molar-refractivity contribution in [3.05, 3.63) is 54.5 Å². The maximum absolute atomic E-state index is 12.3. The lowest BCUT2D eigenvalue weighted by Crippen LogP contribution is -2.49. The van der Waals surface area contributed by atoms with Crippen molar-refractivity contribution in [2.24, 2.45) is 0 Å². The van der Waals surface area contributed by atoms with Gasteiger partial charge in [0.15, 0.2) is 0 Å². The number of hydrogen-bond donors (Lipinski definition) is 1. The van der Waals surface area contributed by atoms with Crippen molar-refractivity contribution in [3.8, 4) is 0 Å². The molecule has 25 heavy (non-hydrogen) atoms. The molecule has 1 aromatic heterocycles. The van der Waals surface area contributed by atoms with E-state index in [2.05, 4.69) is 20.2 Å². The van der Waals surface area contributed by atoms with Crippen molar-refractivity contribution >= 4 is 17.6 Å². The third-order valence-corrected chi connectivity index (χ3v) is 4.17. The Morgan fingerprint density at radius 1 is 1.04 bits per heavy atom. The summed E-state index contributed by atoms with van der Waals surface area (Å²) in [5.41, 5.74) is 0.604. The first-order valence-corrected chi connectivity index (χ1v) is 8.36. The highest BCUT2D eigenvalue weighted by Crippen LogP contribution is 2.11. The number of carbonyl (C=O) groups is 2. The van der Waals surface area contributed by atoms with E-state index in [0.717, 1.165) is 18.9 Å². The Bertz CT molecular complexity index is 700. The monoisotopic (exact) mass is 339 g/mol. The summed E-state index contributed by atoms with van der Waals surface area (Å²) in [6.45, 7) is 3.13. The average molecular weight is 339 g/mol. The molecule has 1 fully saturated rings. The molecule has 1 N–H and O–H groups in total. The van der Waals surface area contributed by atoms with Gasteiger partial charge in [-0.25, -0.2) is 4.98 Å². The van der Waals surface area contributed by atoms with Crippen molar-refractivity contribution < 1.29 is 9.59 Å². The summed E-state index contributed by atoms with van der Waals surface area (Å²) in [6, 6.07) is 9.00. The topological polar surface area (TPSA) is 78.4 Å². The van der Waals surface area contributed by atoms with Crippen molar-refractivity contribution in [2.45, 2.75) is 6.42 Å². The number of nitrogens with zero attached hydrogens (tertiary/aromatic N) is 4. The van der Waals surface area contributed by atoms with Gasteiger partial charge in [0.2, 0.25) is 5.91 Å². The fourth-order valence-electron chi connectivity index (χ4n) is 2.77. The summed E-state index contributed by atoms with van der Waals surface area (Å²) in [7, 11) is 0. The van der Waals surface area contributed by atoms with E-state index in [4.69, 9.17) is 0 Å². The Balaban J connectivity index is 1.40. The summed E-state index contributed by atoms with van der Waals surface area (Å²) in [4.78, 5) is 36.5. The van der Waals surface area contributed by atoms with Crippen LogP contribution in [-0.4, -0.2) is 59.4 Å². The van der Waals surface area contributed by atoms with E-state index in [-0.39, 0.29) is 11.8 Å². The molecular formula is C18H21N5O2. The van der Waals surface area contributed by atoms with Gasteiger partial charge in [0, 0.05) is 57.1 Å². The first-order chi connectivity index (χ1) is 12.2. The number of aromatic nitrogens is 2. The van der Waals surface area contributed by atoms with Crippen LogP contribution in [0.4, 0.5) is 5.82 Å². The summed E-state index contributed by atoms with van der Waals surface area (Å²) >= 11 is 0. The largest absolute Gasteiger partial charge is 0.352 e. The zero-order valence-electron chi connectivity index (χ0n) is 14.0. The van der Waals surface area contributed by atoms with E-state index in [1.54, 1.807) is 30.7 Å². The highest BCUT2D eigenvalue weighted by Gasteiger charge is 2.21. The smallest absolute Gasteiger partial charge is 0.251 e. The summed E-state index contributed by atoms with van der Waals surface area (Å²) < 4.78 is 0. The SMILES string of the molecule is O=C(NCCC(=O)N1CCN(c2cnccn2)CC1)c1ccccc1. The molecule has 1 aliphatic heterocycles. The Morgan fingerprint density at radius 3 is 2.48 bits per heavy atom. The molecule has 0 saturated carbocycles. The maximum Gasteiger partial charge on any atom is 0.251 e. The van der Waals surface area contributed by atoms with Gasteiger partial charge in [-0.3, -0.25) is 14.6 Å². The number of anilines is 1. The third kappa shape index (κ3) is 4.53. The number of amides is 2. The van der Waals surface area contributed by atoms with Gasteiger partial charge in [0.1, 0.15) is 5.82 Å². The molecule has 2 aromatic rings. The molecule has 2 heterocycles. The van der Waals surface area contributed by atoms with E-state index in [0.29, 0.717) is 31.6 Å². The normalized spacial score (nSPS) is 14.2. The Labute approximate surface area is 146 Å². The lowest BCUT2D eigenvalue weighted by atomic mass is 10.2. The van der Waals surface area contributed by atoms with Gasteiger partial charge in [-0.2, -0.15) is 0 Å². The van der Waals surface area contributed by atoms with Gasteiger partial charge in [0.05, 0.1) is 6.20 Å². The van der Waals surface area contributed by atoms with E-state index in [9.17, 15) is 9.59 Å². The molecule has 0 bridgehead atoms. The van der Waals surface area contributed by atoms with Crippen LogP contribution in [-0.2, 0) is 4.79 Å². The molecule has 7 heteroatoms.